The highest BCUT2D eigenvalue weighted by molar-refractivity contribution is 6.04. The first-order valence-corrected chi connectivity index (χ1v) is 11.4. The van der Waals surface area contributed by atoms with E-state index in [0.717, 1.165) is 36.0 Å². The largest absolute Gasteiger partial charge is 0.497 e. The molecule has 0 aromatic heterocycles. The zero-order chi connectivity index (χ0) is 23.9. The highest BCUT2D eigenvalue weighted by Gasteiger charge is 2.22. The maximum absolute atomic E-state index is 12.8. The number of carbonyl (C=O) groups is 2. The average molecular weight is 460 g/mol. The molecule has 3 aromatic carbocycles. The summed E-state index contributed by atoms with van der Waals surface area (Å²) in [4.78, 5) is 29.4. The van der Waals surface area contributed by atoms with E-state index in [1.165, 1.54) is 0 Å². The Morgan fingerprint density at radius 2 is 1.38 bits per heavy atom. The van der Waals surface area contributed by atoms with Crippen molar-refractivity contribution in [2.24, 2.45) is 0 Å². The van der Waals surface area contributed by atoms with Crippen molar-refractivity contribution in [2.75, 3.05) is 50.1 Å². The van der Waals surface area contributed by atoms with E-state index in [1.807, 2.05) is 36.1 Å². The number of anilines is 2. The molecule has 0 radical (unpaired) electrons. The van der Waals surface area contributed by atoms with Crippen LogP contribution in [0.3, 0.4) is 0 Å². The lowest BCUT2D eigenvalue weighted by molar-refractivity contribution is 0.0746. The van der Waals surface area contributed by atoms with Crippen LogP contribution in [0.5, 0.6) is 11.5 Å². The average Bonchev–Trinajstić information content (AvgIpc) is 2.89. The predicted octanol–water partition coefficient (Wildman–Crippen LogP) is 4.31. The van der Waals surface area contributed by atoms with Crippen molar-refractivity contribution >= 4 is 23.2 Å². The van der Waals surface area contributed by atoms with Gasteiger partial charge in [0.1, 0.15) is 11.5 Å². The molecule has 0 aliphatic carbocycles. The summed E-state index contributed by atoms with van der Waals surface area (Å²) in [5.74, 6) is 1.35. The summed E-state index contributed by atoms with van der Waals surface area (Å²) in [5, 5.41) is 2.93. The number of nitrogens with zero attached hydrogens (tertiary/aromatic N) is 2. The van der Waals surface area contributed by atoms with Crippen LogP contribution in [0.15, 0.2) is 72.8 Å². The van der Waals surface area contributed by atoms with Gasteiger partial charge in [-0.1, -0.05) is 0 Å². The summed E-state index contributed by atoms with van der Waals surface area (Å²) in [7, 11) is 1.61. The number of methoxy groups -OCH3 is 1. The summed E-state index contributed by atoms with van der Waals surface area (Å²) in [6, 6.07) is 22.1. The molecule has 7 nitrogen and oxygen atoms in total. The highest BCUT2D eigenvalue weighted by atomic mass is 16.5. The molecule has 0 unspecified atom stereocenters. The van der Waals surface area contributed by atoms with Crippen molar-refractivity contribution in [3.8, 4) is 11.5 Å². The van der Waals surface area contributed by atoms with Crippen LogP contribution in [-0.2, 0) is 0 Å². The first-order chi connectivity index (χ1) is 16.6. The van der Waals surface area contributed by atoms with Gasteiger partial charge in [-0.05, 0) is 79.7 Å². The molecular weight excluding hydrogens is 430 g/mol. The van der Waals surface area contributed by atoms with Crippen molar-refractivity contribution < 1.29 is 19.1 Å². The second kappa shape index (κ2) is 10.7. The van der Waals surface area contributed by atoms with Gasteiger partial charge in [0.05, 0.1) is 13.7 Å². The Labute approximate surface area is 199 Å². The molecule has 1 saturated heterocycles. The van der Waals surface area contributed by atoms with E-state index < -0.39 is 0 Å². The molecule has 4 rings (SSSR count). The summed E-state index contributed by atoms with van der Waals surface area (Å²) in [6.07, 6.45) is 0. The molecule has 1 fully saturated rings. The Bertz CT molecular complexity index is 1100. The lowest BCUT2D eigenvalue weighted by Gasteiger charge is -2.36. The fourth-order valence-corrected chi connectivity index (χ4v) is 3.91. The molecule has 0 bridgehead atoms. The third-order valence-electron chi connectivity index (χ3n) is 5.82. The Hall–Kier alpha value is -4.00. The number of rotatable bonds is 7. The zero-order valence-corrected chi connectivity index (χ0v) is 19.5. The summed E-state index contributed by atoms with van der Waals surface area (Å²) >= 11 is 0. The maximum atomic E-state index is 12.8. The van der Waals surface area contributed by atoms with Gasteiger partial charge in [-0.3, -0.25) is 9.59 Å². The monoisotopic (exact) mass is 459 g/mol. The van der Waals surface area contributed by atoms with Crippen molar-refractivity contribution in [3.05, 3.63) is 83.9 Å². The van der Waals surface area contributed by atoms with Crippen LogP contribution >= 0.6 is 0 Å². The number of carbonyl (C=O) groups excluding carboxylic acids is 2. The maximum Gasteiger partial charge on any atom is 0.255 e. The first kappa shape index (κ1) is 23.2. The minimum absolute atomic E-state index is 0.0367. The van der Waals surface area contributed by atoms with Gasteiger partial charge in [-0.2, -0.15) is 0 Å². The Kier molecular flexibility index (Phi) is 7.32. The van der Waals surface area contributed by atoms with Crippen LogP contribution in [0.2, 0.25) is 0 Å². The van der Waals surface area contributed by atoms with Gasteiger partial charge < -0.3 is 24.6 Å². The van der Waals surface area contributed by atoms with Crippen LogP contribution < -0.4 is 19.7 Å². The molecule has 34 heavy (non-hydrogen) atoms. The minimum atomic E-state index is -0.165. The Morgan fingerprint density at radius 3 is 1.97 bits per heavy atom. The van der Waals surface area contributed by atoms with Crippen molar-refractivity contribution in [3.63, 3.8) is 0 Å². The molecule has 2 amide bonds. The Morgan fingerprint density at radius 1 is 0.794 bits per heavy atom. The fraction of sp³-hybridized carbons (Fsp3) is 0.259. The second-order valence-electron chi connectivity index (χ2n) is 7.97. The van der Waals surface area contributed by atoms with E-state index in [4.69, 9.17) is 9.47 Å². The SMILES string of the molecule is CCOc1ccc(C(=O)Nc2ccc(N3CCN(C(=O)c4ccc(OC)cc4)CC3)cc2)cc1. The van der Waals surface area contributed by atoms with Crippen molar-refractivity contribution in [2.45, 2.75) is 6.92 Å². The first-order valence-electron chi connectivity index (χ1n) is 11.4. The van der Waals surface area contributed by atoms with E-state index in [-0.39, 0.29) is 11.8 Å². The zero-order valence-electron chi connectivity index (χ0n) is 19.5. The quantitative estimate of drug-likeness (QED) is 0.570. The third-order valence-corrected chi connectivity index (χ3v) is 5.82. The molecule has 1 N–H and O–H groups in total. The fourth-order valence-electron chi connectivity index (χ4n) is 3.91. The van der Waals surface area contributed by atoms with Crippen molar-refractivity contribution in [1.29, 1.82) is 0 Å². The molecular formula is C27H29N3O4. The number of ether oxygens (including phenoxy) is 2. The molecule has 1 aliphatic heterocycles. The number of piperazine rings is 1. The van der Waals surface area contributed by atoms with E-state index in [2.05, 4.69) is 10.2 Å². The number of amides is 2. The molecule has 0 spiro atoms. The molecule has 1 heterocycles. The number of hydrogen-bond acceptors (Lipinski definition) is 5. The van der Waals surface area contributed by atoms with E-state index in [1.54, 1.807) is 55.6 Å². The summed E-state index contributed by atoms with van der Waals surface area (Å²) in [5.41, 5.74) is 3.04. The van der Waals surface area contributed by atoms with Gasteiger partial charge in [-0.25, -0.2) is 0 Å². The molecule has 0 atom stereocenters. The van der Waals surface area contributed by atoms with E-state index in [9.17, 15) is 9.59 Å². The second-order valence-corrected chi connectivity index (χ2v) is 7.97. The molecule has 3 aromatic rings. The predicted molar refractivity (Wildman–Crippen MR) is 133 cm³/mol. The summed E-state index contributed by atoms with van der Waals surface area (Å²) in [6.45, 7) is 5.32. The minimum Gasteiger partial charge on any atom is -0.497 e. The number of nitrogens with one attached hydrogen (secondary N) is 1. The highest BCUT2D eigenvalue weighted by Crippen LogP contribution is 2.22. The van der Waals surface area contributed by atoms with Gasteiger partial charge in [0, 0.05) is 48.7 Å². The van der Waals surface area contributed by atoms with Gasteiger partial charge in [0.2, 0.25) is 0 Å². The van der Waals surface area contributed by atoms with E-state index in [0.29, 0.717) is 30.8 Å². The van der Waals surface area contributed by atoms with Crippen LogP contribution in [0, 0.1) is 0 Å². The van der Waals surface area contributed by atoms with Crippen molar-refractivity contribution in [1.82, 2.24) is 4.90 Å². The normalized spacial score (nSPS) is 13.4. The lowest BCUT2D eigenvalue weighted by Crippen LogP contribution is -2.48. The molecule has 176 valence electrons. The van der Waals surface area contributed by atoms with Gasteiger partial charge >= 0.3 is 0 Å². The van der Waals surface area contributed by atoms with Gasteiger partial charge in [-0.15, -0.1) is 0 Å². The Balaban J connectivity index is 1.30. The number of benzene rings is 3. The van der Waals surface area contributed by atoms with Gasteiger partial charge in [0.25, 0.3) is 11.8 Å². The van der Waals surface area contributed by atoms with Crippen LogP contribution in [-0.4, -0.2) is 56.6 Å². The topological polar surface area (TPSA) is 71.1 Å². The number of hydrogen-bond donors (Lipinski definition) is 1. The van der Waals surface area contributed by atoms with E-state index >= 15 is 0 Å². The van der Waals surface area contributed by atoms with Crippen LogP contribution in [0.4, 0.5) is 11.4 Å². The van der Waals surface area contributed by atoms with Crippen LogP contribution in [0.25, 0.3) is 0 Å². The van der Waals surface area contributed by atoms with Crippen LogP contribution in [0.1, 0.15) is 27.6 Å². The summed E-state index contributed by atoms with van der Waals surface area (Å²) < 4.78 is 10.6. The smallest absolute Gasteiger partial charge is 0.255 e. The van der Waals surface area contributed by atoms with Gasteiger partial charge in [0.15, 0.2) is 0 Å². The molecule has 7 heteroatoms. The molecule has 0 saturated carbocycles. The molecule has 1 aliphatic rings. The standard InChI is InChI=1S/C27H29N3O4/c1-3-34-25-14-4-20(5-15-25)26(31)28-22-8-10-23(11-9-22)29-16-18-30(19-17-29)27(32)21-6-12-24(33-2)13-7-21/h4-15H,3,16-19H2,1-2H3,(H,28,31). The lowest BCUT2D eigenvalue weighted by atomic mass is 10.1. The third kappa shape index (κ3) is 5.49.